The largest absolute Gasteiger partial charge is 0.491 e. The van der Waals surface area contributed by atoms with Crippen LogP contribution in [0.5, 0.6) is 5.75 Å². The Labute approximate surface area is 136 Å². The molecule has 0 aliphatic rings. The molecule has 0 amide bonds. The molecule has 0 saturated carbocycles. The average Bonchev–Trinajstić information content (AvgIpc) is 2.43. The number of Topliss-reactive ketones (excluding diaryl/α,β-unsaturated/α-hetero) is 1. The van der Waals surface area contributed by atoms with Gasteiger partial charge in [0.15, 0.2) is 0 Å². The van der Waals surface area contributed by atoms with Crippen LogP contribution < -0.4 is 4.74 Å². The molecule has 2 nitrogen and oxygen atoms in total. The van der Waals surface area contributed by atoms with Crippen molar-refractivity contribution in [1.82, 2.24) is 0 Å². The van der Waals surface area contributed by atoms with E-state index in [0.717, 1.165) is 17.7 Å². The van der Waals surface area contributed by atoms with E-state index in [2.05, 4.69) is 13.8 Å². The first-order valence-electron chi connectivity index (χ1n) is 8.04. The number of hydrogen-bond donors (Lipinski definition) is 0. The highest BCUT2D eigenvalue weighted by atomic mass is 19.4. The molecule has 0 N–H and O–H groups in total. The van der Waals surface area contributed by atoms with Gasteiger partial charge in [-0.05, 0) is 56.2 Å². The number of alkyl halides is 3. The van der Waals surface area contributed by atoms with E-state index >= 15 is 0 Å². The molecule has 0 bridgehead atoms. The number of carbonyl (C=O) groups excluding carboxylic acids is 1. The molecule has 1 unspecified atom stereocenters. The van der Waals surface area contributed by atoms with Crippen LogP contribution in [0.25, 0.3) is 0 Å². The van der Waals surface area contributed by atoms with E-state index in [1.54, 1.807) is 0 Å². The van der Waals surface area contributed by atoms with Gasteiger partial charge in [-0.1, -0.05) is 26.0 Å². The molecular formula is C18H25F3O2. The maximum Gasteiger partial charge on any atom is 0.449 e. The van der Waals surface area contributed by atoms with Crippen LogP contribution in [-0.2, 0) is 11.2 Å². The molecule has 0 radical (unpaired) electrons. The van der Waals surface area contributed by atoms with Crippen molar-refractivity contribution in [2.75, 3.05) is 0 Å². The van der Waals surface area contributed by atoms with Gasteiger partial charge in [0.1, 0.15) is 5.75 Å². The van der Waals surface area contributed by atoms with Gasteiger partial charge in [0.25, 0.3) is 0 Å². The quantitative estimate of drug-likeness (QED) is 0.571. The Balaban J connectivity index is 2.33. The van der Waals surface area contributed by atoms with Gasteiger partial charge in [-0.25, -0.2) is 0 Å². The summed E-state index contributed by atoms with van der Waals surface area (Å²) in [6.45, 7) is 6.32. The number of carbonyl (C=O) groups is 1. The van der Waals surface area contributed by atoms with Crippen molar-refractivity contribution < 1.29 is 22.7 Å². The molecule has 1 aromatic carbocycles. The third-order valence-electron chi connectivity index (χ3n) is 3.50. The minimum Gasteiger partial charge on any atom is -0.491 e. The van der Waals surface area contributed by atoms with Gasteiger partial charge in [-0.15, -0.1) is 0 Å². The van der Waals surface area contributed by atoms with E-state index < -0.39 is 18.4 Å². The standard InChI is InChI=1S/C18H25F3O2/c1-13(2)12-14(3)23-16-10-8-15(9-11-16)6-4-5-7-17(22)18(19,20)21/h8-11,13-14H,4-7,12H2,1-3H3. The molecular weight excluding hydrogens is 305 g/mol. The third-order valence-corrected chi connectivity index (χ3v) is 3.50. The molecule has 1 atom stereocenters. The zero-order valence-electron chi connectivity index (χ0n) is 14.0. The summed E-state index contributed by atoms with van der Waals surface area (Å²) in [5.41, 5.74) is 1.04. The van der Waals surface area contributed by atoms with Crippen molar-refractivity contribution in [2.24, 2.45) is 5.92 Å². The van der Waals surface area contributed by atoms with Gasteiger partial charge in [-0.3, -0.25) is 4.79 Å². The summed E-state index contributed by atoms with van der Waals surface area (Å²) in [7, 11) is 0. The summed E-state index contributed by atoms with van der Waals surface area (Å²) < 4.78 is 42.0. The van der Waals surface area contributed by atoms with E-state index in [1.165, 1.54) is 0 Å². The van der Waals surface area contributed by atoms with Crippen LogP contribution in [-0.4, -0.2) is 18.1 Å². The number of benzene rings is 1. The molecule has 0 aromatic heterocycles. The Morgan fingerprint density at radius 3 is 2.22 bits per heavy atom. The molecule has 1 aromatic rings. The first kappa shape index (κ1) is 19.5. The molecule has 1 rings (SSSR count). The van der Waals surface area contributed by atoms with E-state index in [4.69, 9.17) is 4.74 Å². The van der Waals surface area contributed by atoms with Gasteiger partial charge >= 0.3 is 6.18 Å². The molecule has 0 heterocycles. The van der Waals surface area contributed by atoms with Crippen LogP contribution in [0.15, 0.2) is 24.3 Å². The normalized spacial score (nSPS) is 13.2. The fraction of sp³-hybridized carbons (Fsp3) is 0.611. The average molecular weight is 330 g/mol. The molecule has 0 aliphatic carbocycles. The van der Waals surface area contributed by atoms with Gasteiger partial charge < -0.3 is 4.74 Å². The number of hydrogen-bond acceptors (Lipinski definition) is 2. The molecule has 5 heteroatoms. The summed E-state index contributed by atoms with van der Waals surface area (Å²) >= 11 is 0. The first-order valence-corrected chi connectivity index (χ1v) is 8.04. The van der Waals surface area contributed by atoms with Crippen LogP contribution in [0.1, 0.15) is 52.0 Å². The summed E-state index contributed by atoms with van der Waals surface area (Å²) in [5.74, 6) is -0.266. The van der Waals surface area contributed by atoms with E-state index in [0.29, 0.717) is 18.8 Å². The summed E-state index contributed by atoms with van der Waals surface area (Å²) in [4.78, 5) is 10.8. The number of ether oxygens (including phenoxy) is 1. The van der Waals surface area contributed by atoms with Crippen molar-refractivity contribution in [3.05, 3.63) is 29.8 Å². The lowest BCUT2D eigenvalue weighted by Crippen LogP contribution is -2.22. The number of ketones is 1. The maximum absolute atomic E-state index is 12.1. The highest BCUT2D eigenvalue weighted by Gasteiger charge is 2.36. The Morgan fingerprint density at radius 2 is 1.70 bits per heavy atom. The maximum atomic E-state index is 12.1. The molecule has 0 fully saturated rings. The molecule has 23 heavy (non-hydrogen) atoms. The third kappa shape index (κ3) is 8.05. The molecule has 0 aliphatic heterocycles. The van der Waals surface area contributed by atoms with Crippen LogP contribution in [0, 0.1) is 5.92 Å². The van der Waals surface area contributed by atoms with Gasteiger partial charge in [0, 0.05) is 6.42 Å². The lowest BCUT2D eigenvalue weighted by Gasteiger charge is -2.16. The SMILES string of the molecule is CC(C)CC(C)Oc1ccc(CCCCC(=O)C(F)(F)F)cc1. The Kier molecular flexibility index (Phi) is 7.59. The monoisotopic (exact) mass is 330 g/mol. The predicted molar refractivity (Wildman–Crippen MR) is 84.6 cm³/mol. The second-order valence-corrected chi connectivity index (χ2v) is 6.33. The zero-order chi connectivity index (χ0) is 17.5. The summed E-state index contributed by atoms with van der Waals surface area (Å²) in [5, 5.41) is 0. The second kappa shape index (κ2) is 8.94. The zero-order valence-corrected chi connectivity index (χ0v) is 14.0. The first-order chi connectivity index (χ1) is 10.7. The molecule has 130 valence electrons. The van der Waals surface area contributed by atoms with E-state index in [9.17, 15) is 18.0 Å². The predicted octanol–water partition coefficient (Wildman–Crippen LogP) is 5.34. The van der Waals surface area contributed by atoms with Crippen molar-refractivity contribution >= 4 is 5.78 Å². The van der Waals surface area contributed by atoms with Gasteiger partial charge in [-0.2, -0.15) is 13.2 Å². The van der Waals surface area contributed by atoms with E-state index in [1.807, 2.05) is 31.2 Å². The topological polar surface area (TPSA) is 26.3 Å². The van der Waals surface area contributed by atoms with Crippen molar-refractivity contribution in [1.29, 1.82) is 0 Å². The minimum atomic E-state index is -4.70. The highest BCUT2D eigenvalue weighted by Crippen LogP contribution is 2.21. The summed E-state index contributed by atoms with van der Waals surface area (Å²) in [6.07, 6.45) is -2.53. The van der Waals surface area contributed by atoms with Crippen molar-refractivity contribution in [3.63, 3.8) is 0 Å². The van der Waals surface area contributed by atoms with Gasteiger partial charge in [0.2, 0.25) is 5.78 Å². The lowest BCUT2D eigenvalue weighted by molar-refractivity contribution is -0.171. The van der Waals surface area contributed by atoms with Crippen LogP contribution in [0.2, 0.25) is 0 Å². The Hall–Kier alpha value is -1.52. The number of unbranched alkanes of at least 4 members (excludes halogenated alkanes) is 1. The Bertz CT molecular complexity index is 478. The highest BCUT2D eigenvalue weighted by molar-refractivity contribution is 5.83. The lowest BCUT2D eigenvalue weighted by atomic mass is 10.1. The van der Waals surface area contributed by atoms with Crippen molar-refractivity contribution in [2.45, 2.75) is 65.2 Å². The number of aryl methyl sites for hydroxylation is 1. The number of rotatable bonds is 9. The van der Waals surface area contributed by atoms with Crippen LogP contribution in [0.4, 0.5) is 13.2 Å². The smallest absolute Gasteiger partial charge is 0.449 e. The minimum absolute atomic E-state index is 0.147. The fourth-order valence-electron chi connectivity index (χ4n) is 2.44. The molecule has 0 saturated heterocycles. The summed E-state index contributed by atoms with van der Waals surface area (Å²) in [6, 6.07) is 7.60. The van der Waals surface area contributed by atoms with Crippen LogP contribution in [0.3, 0.4) is 0 Å². The van der Waals surface area contributed by atoms with E-state index in [-0.39, 0.29) is 12.5 Å². The molecule has 0 spiro atoms. The van der Waals surface area contributed by atoms with Crippen molar-refractivity contribution in [3.8, 4) is 5.75 Å². The Morgan fingerprint density at radius 1 is 1.09 bits per heavy atom. The second-order valence-electron chi connectivity index (χ2n) is 6.33. The number of halogens is 3. The van der Waals surface area contributed by atoms with Gasteiger partial charge in [0.05, 0.1) is 6.10 Å². The fourth-order valence-corrected chi connectivity index (χ4v) is 2.44. The van der Waals surface area contributed by atoms with Crippen LogP contribution >= 0.6 is 0 Å².